The van der Waals surface area contributed by atoms with Gasteiger partial charge in [-0.15, -0.1) is 11.6 Å². The Labute approximate surface area is 299 Å². The molecule has 4 aromatic rings. The molecule has 1 aliphatic rings. The van der Waals surface area contributed by atoms with Crippen LogP contribution >= 0.6 is 11.6 Å². The number of benzene rings is 3. The van der Waals surface area contributed by atoms with Gasteiger partial charge in [0.2, 0.25) is 15.9 Å². The molecule has 12 heteroatoms. The highest BCUT2D eigenvalue weighted by Crippen LogP contribution is 2.44. The van der Waals surface area contributed by atoms with Crippen LogP contribution in [0.15, 0.2) is 78.9 Å². The second-order valence-electron chi connectivity index (χ2n) is 12.8. The van der Waals surface area contributed by atoms with E-state index in [-0.39, 0.29) is 55.1 Å². The first-order chi connectivity index (χ1) is 24.1. The number of sulfonamides is 1. The van der Waals surface area contributed by atoms with Gasteiger partial charge in [0.05, 0.1) is 23.5 Å². The Balaban J connectivity index is 1.63. The molecule has 3 amide bonds. The number of likely N-dealkylation sites (N-methyl/N-ethyl adjacent to an activating group) is 1. The maximum atomic E-state index is 14.3. The van der Waals surface area contributed by atoms with Crippen LogP contribution in [0.3, 0.4) is 0 Å². The summed E-state index contributed by atoms with van der Waals surface area (Å²) >= 11 is 5.87. The molecule has 266 valence electrons. The number of rotatable bonds is 15. The average molecular weight is 721 g/mol. The number of carboxylic acid groups (broad SMARTS) is 1. The van der Waals surface area contributed by atoms with Crippen molar-refractivity contribution in [1.82, 2.24) is 19.1 Å². The Morgan fingerprint density at radius 1 is 0.940 bits per heavy atom. The Morgan fingerprint density at radius 3 is 2.28 bits per heavy atom. The molecule has 0 unspecified atom stereocenters. The summed E-state index contributed by atoms with van der Waals surface area (Å²) in [5.41, 5.74) is 4.58. The lowest BCUT2D eigenvalue weighted by Gasteiger charge is -2.24. The molecule has 0 radical (unpaired) electrons. The number of hydrogen-bond acceptors (Lipinski definition) is 5. The van der Waals surface area contributed by atoms with Crippen molar-refractivity contribution >= 4 is 50.4 Å². The fourth-order valence-electron chi connectivity index (χ4n) is 6.81. The van der Waals surface area contributed by atoms with Crippen molar-refractivity contribution in [3.05, 3.63) is 95.6 Å². The van der Waals surface area contributed by atoms with E-state index in [1.165, 1.54) is 6.42 Å². The molecule has 5 rings (SSSR count). The molecule has 1 fully saturated rings. The number of nitrogens with one attached hydrogen (secondary N) is 1. The normalized spacial score (nSPS) is 13.6. The lowest BCUT2D eigenvalue weighted by atomic mass is 9.82. The number of amides is 3. The second-order valence-corrected chi connectivity index (χ2v) is 15.2. The third-order valence-electron chi connectivity index (χ3n) is 9.34. The predicted molar refractivity (Wildman–Crippen MR) is 197 cm³/mol. The van der Waals surface area contributed by atoms with Gasteiger partial charge in [-0.05, 0) is 60.4 Å². The van der Waals surface area contributed by atoms with Crippen LogP contribution in [0.25, 0.3) is 22.2 Å². The molecule has 2 N–H and O–H groups in total. The molecule has 0 saturated heterocycles. The number of hydrogen-bond donors (Lipinski definition) is 2. The van der Waals surface area contributed by atoms with E-state index in [4.69, 9.17) is 16.7 Å². The maximum Gasteiger partial charge on any atom is 0.404 e. The van der Waals surface area contributed by atoms with Crippen LogP contribution in [-0.4, -0.2) is 77.0 Å². The van der Waals surface area contributed by atoms with E-state index in [0.717, 1.165) is 52.2 Å². The fraction of sp³-hybridized carbons (Fsp3) is 0.395. The smallest absolute Gasteiger partial charge is 0.404 e. The molecule has 0 spiro atoms. The van der Waals surface area contributed by atoms with Crippen molar-refractivity contribution in [2.45, 2.75) is 64.0 Å². The number of carbonyl (C=O) groups excluding carboxylic acids is 2. The van der Waals surface area contributed by atoms with Gasteiger partial charge in [-0.25, -0.2) is 17.5 Å². The zero-order valence-corrected chi connectivity index (χ0v) is 30.0. The lowest BCUT2D eigenvalue weighted by Crippen LogP contribution is -2.38. The summed E-state index contributed by atoms with van der Waals surface area (Å²) in [6, 6.07) is 24.3. The third-order valence-corrected chi connectivity index (χ3v) is 11.4. The molecule has 10 nitrogen and oxygen atoms in total. The van der Waals surface area contributed by atoms with Crippen LogP contribution in [0.5, 0.6) is 0 Å². The van der Waals surface area contributed by atoms with Crippen molar-refractivity contribution in [2.24, 2.45) is 0 Å². The topological polar surface area (TPSA) is 129 Å². The second kappa shape index (κ2) is 17.0. The minimum absolute atomic E-state index is 0.0182. The highest BCUT2D eigenvalue weighted by Gasteiger charge is 2.31. The van der Waals surface area contributed by atoms with Gasteiger partial charge in [-0.1, -0.05) is 86.0 Å². The maximum absolute atomic E-state index is 14.3. The minimum atomic E-state index is -4.01. The van der Waals surface area contributed by atoms with Crippen molar-refractivity contribution < 1.29 is 27.9 Å². The van der Waals surface area contributed by atoms with Gasteiger partial charge >= 0.3 is 6.09 Å². The van der Waals surface area contributed by atoms with Crippen LogP contribution in [-0.2, 0) is 27.9 Å². The molecule has 1 aromatic heterocycles. The summed E-state index contributed by atoms with van der Waals surface area (Å²) in [6.07, 6.45) is 4.93. The van der Waals surface area contributed by atoms with Crippen LogP contribution in [0.2, 0.25) is 0 Å². The van der Waals surface area contributed by atoms with Crippen molar-refractivity contribution in [2.75, 3.05) is 31.8 Å². The van der Waals surface area contributed by atoms with Gasteiger partial charge in [-0.3, -0.25) is 9.59 Å². The Bertz CT molecular complexity index is 1890. The zero-order valence-electron chi connectivity index (χ0n) is 28.4. The first kappa shape index (κ1) is 36.9. The predicted octanol–water partition coefficient (Wildman–Crippen LogP) is 7.07. The molecule has 0 bridgehead atoms. The molecule has 1 aliphatic carbocycles. The highest BCUT2D eigenvalue weighted by molar-refractivity contribution is 7.89. The molecule has 50 heavy (non-hydrogen) atoms. The van der Waals surface area contributed by atoms with Crippen LogP contribution < -0.4 is 5.32 Å². The van der Waals surface area contributed by atoms with Gasteiger partial charge in [0.25, 0.3) is 5.91 Å². The molecule has 1 heterocycles. The Morgan fingerprint density at radius 2 is 1.62 bits per heavy atom. The van der Waals surface area contributed by atoms with E-state index in [9.17, 15) is 22.8 Å². The quantitative estimate of drug-likeness (QED) is 0.0999. The third kappa shape index (κ3) is 8.86. The van der Waals surface area contributed by atoms with E-state index in [2.05, 4.69) is 5.32 Å². The van der Waals surface area contributed by atoms with E-state index in [0.29, 0.717) is 24.0 Å². The van der Waals surface area contributed by atoms with Crippen molar-refractivity contribution in [3.63, 3.8) is 0 Å². The van der Waals surface area contributed by atoms with Gasteiger partial charge in [0.15, 0.2) is 0 Å². The molecular weight excluding hydrogens is 676 g/mol. The summed E-state index contributed by atoms with van der Waals surface area (Å²) in [7, 11) is -2.32. The Hall–Kier alpha value is -4.35. The SMILES string of the molecule is CN(CCCNC(=O)O)C(=O)Cn1c(-c2ccccc2)c(C2CCCCC2)c2ccc(C(=O)N(Cc3ccccc3)S(=O)(=O)CCCCl)cc21. The number of nitrogens with zero attached hydrogens (tertiary/aromatic N) is 3. The van der Waals surface area contributed by atoms with Crippen molar-refractivity contribution in [1.29, 1.82) is 0 Å². The molecular formula is C38H45ClN4O6S. The monoisotopic (exact) mass is 720 g/mol. The number of alkyl halides is 1. The van der Waals surface area contributed by atoms with Crippen LogP contribution in [0, 0.1) is 0 Å². The van der Waals surface area contributed by atoms with Gasteiger partial charge in [0.1, 0.15) is 6.54 Å². The first-order valence-corrected chi connectivity index (χ1v) is 19.3. The van der Waals surface area contributed by atoms with E-state index >= 15 is 0 Å². The molecule has 1 saturated carbocycles. The molecule has 0 aliphatic heterocycles. The largest absolute Gasteiger partial charge is 0.465 e. The van der Waals surface area contributed by atoms with Gasteiger partial charge in [0, 0.05) is 37.0 Å². The average Bonchev–Trinajstić information content (AvgIpc) is 3.45. The minimum Gasteiger partial charge on any atom is -0.465 e. The fourth-order valence-corrected chi connectivity index (χ4v) is 8.54. The summed E-state index contributed by atoms with van der Waals surface area (Å²) in [5.74, 6) is -0.676. The zero-order chi connectivity index (χ0) is 35.7. The van der Waals surface area contributed by atoms with Crippen LogP contribution in [0.1, 0.15) is 72.3 Å². The highest BCUT2D eigenvalue weighted by atomic mass is 35.5. The summed E-state index contributed by atoms with van der Waals surface area (Å²) in [6.45, 7) is 0.438. The molecule has 3 aromatic carbocycles. The Kier molecular flexibility index (Phi) is 12.6. The van der Waals surface area contributed by atoms with Gasteiger partial charge in [-0.2, -0.15) is 0 Å². The molecule has 0 atom stereocenters. The lowest BCUT2D eigenvalue weighted by molar-refractivity contribution is -0.130. The number of carbonyl (C=O) groups is 3. The van der Waals surface area contributed by atoms with Crippen molar-refractivity contribution in [3.8, 4) is 11.3 Å². The number of fused-ring (bicyclic) bond motifs is 1. The summed E-state index contributed by atoms with van der Waals surface area (Å²) < 4.78 is 30.1. The van der Waals surface area contributed by atoms with E-state index in [1.54, 1.807) is 48.3 Å². The van der Waals surface area contributed by atoms with Crippen LogP contribution in [0.4, 0.5) is 4.79 Å². The van der Waals surface area contributed by atoms with E-state index < -0.39 is 22.0 Å². The summed E-state index contributed by atoms with van der Waals surface area (Å²) in [4.78, 5) is 40.6. The standard InChI is InChI=1S/C38H45ClN4O6S/c1-41(23-12-22-40-38(46)47)34(44)27-42-33-25-31(37(45)43(50(48,49)24-11-21-39)26-28-13-5-2-6-14-28)19-20-32(33)35(29-15-7-3-8-16-29)36(42)30-17-9-4-10-18-30/h2,4-6,9-10,13-14,17-20,25,29,40H,3,7-8,11-12,15-16,21-24,26-27H2,1H3,(H,46,47). The van der Waals surface area contributed by atoms with E-state index in [1.807, 2.05) is 47.0 Å². The van der Waals surface area contributed by atoms with Gasteiger partial charge < -0.3 is 19.9 Å². The first-order valence-electron chi connectivity index (χ1n) is 17.2. The number of halogens is 1. The summed E-state index contributed by atoms with van der Waals surface area (Å²) in [5, 5.41) is 12.2. The number of aromatic nitrogens is 1.